The Kier molecular flexibility index (Phi) is 7.55. The highest BCUT2D eigenvalue weighted by Gasteiger charge is 2.40. The van der Waals surface area contributed by atoms with E-state index in [0.717, 1.165) is 37.4 Å². The summed E-state index contributed by atoms with van der Waals surface area (Å²) >= 11 is 0. The highest BCUT2D eigenvalue weighted by molar-refractivity contribution is 6.54. The first-order valence-electron chi connectivity index (χ1n) is 13.9. The standard InChI is InChI=1S/C25H33B6N3O5/c26-15-10-14(25(30,31)33-6-8-38-9-7-33)20(27)21(28)19(15)22(29)39-17-3-1-2-12-13(17)11-34(24(12)37)16-4-5-18(35)32-23(16)36/h1-3,10,16,22H,4-9,11,26-31H2,(H,32,35,36). The van der Waals surface area contributed by atoms with Crippen LogP contribution in [0.4, 0.5) is 0 Å². The zero-order chi connectivity index (χ0) is 28.1. The van der Waals surface area contributed by atoms with Crippen LogP contribution >= 0.6 is 0 Å². The predicted molar refractivity (Wildman–Crippen MR) is 167 cm³/mol. The van der Waals surface area contributed by atoms with Crippen molar-refractivity contribution < 1.29 is 23.9 Å². The molecule has 0 aromatic heterocycles. The van der Waals surface area contributed by atoms with E-state index in [2.05, 4.69) is 63.4 Å². The summed E-state index contributed by atoms with van der Waals surface area (Å²) in [6.45, 7) is 3.63. The minimum absolute atomic E-state index is 0.119. The third-order valence-corrected chi connectivity index (χ3v) is 8.87. The number of nitrogens with one attached hydrogen (secondary N) is 1. The summed E-state index contributed by atoms with van der Waals surface area (Å²) < 4.78 is 12.2. The van der Waals surface area contributed by atoms with Crippen LogP contribution in [0.3, 0.4) is 0 Å². The topological polar surface area (TPSA) is 88.2 Å². The van der Waals surface area contributed by atoms with Crippen molar-refractivity contribution in [3.05, 3.63) is 46.5 Å². The molecule has 2 atom stereocenters. The number of ether oxygens (including phenoxy) is 2. The fraction of sp³-hybridized carbons (Fsp3) is 0.400. The molecular formula is C25H33B6N3O5. The van der Waals surface area contributed by atoms with Crippen LogP contribution in [0.5, 0.6) is 5.75 Å². The van der Waals surface area contributed by atoms with Gasteiger partial charge in [-0.25, -0.2) is 0 Å². The van der Waals surface area contributed by atoms with Crippen LogP contribution in [0.25, 0.3) is 0 Å². The fourth-order valence-electron chi connectivity index (χ4n) is 6.57. The first-order valence-corrected chi connectivity index (χ1v) is 13.9. The molecule has 0 saturated carbocycles. The highest BCUT2D eigenvalue weighted by Crippen LogP contribution is 2.35. The van der Waals surface area contributed by atoms with Crippen LogP contribution in [-0.2, 0) is 26.2 Å². The number of rotatable bonds is 6. The number of hydrogen-bond acceptors (Lipinski definition) is 6. The maximum absolute atomic E-state index is 13.2. The van der Waals surface area contributed by atoms with Gasteiger partial charge < -0.3 is 19.3 Å². The summed E-state index contributed by atoms with van der Waals surface area (Å²) in [4.78, 5) is 41.4. The number of morpholine rings is 1. The first-order chi connectivity index (χ1) is 18.5. The lowest BCUT2D eigenvalue weighted by atomic mass is 9.52. The smallest absolute Gasteiger partial charge is 0.255 e. The number of nitrogens with zero attached hydrogens (tertiary/aromatic N) is 2. The van der Waals surface area contributed by atoms with E-state index >= 15 is 0 Å². The minimum atomic E-state index is -0.651. The molecule has 0 aliphatic carbocycles. The van der Waals surface area contributed by atoms with Crippen LogP contribution < -0.4 is 26.4 Å². The number of fused-ring (bicyclic) bond motifs is 1. The summed E-state index contributed by atoms with van der Waals surface area (Å²) in [6, 6.07) is 6.91. The average molecular weight is 520 g/mol. The van der Waals surface area contributed by atoms with Crippen LogP contribution in [0.2, 0.25) is 0 Å². The van der Waals surface area contributed by atoms with Crippen molar-refractivity contribution in [2.24, 2.45) is 0 Å². The average Bonchev–Trinajstić information content (AvgIpc) is 3.23. The Morgan fingerprint density at radius 2 is 1.79 bits per heavy atom. The van der Waals surface area contributed by atoms with Crippen molar-refractivity contribution in [3.8, 4) is 5.75 Å². The van der Waals surface area contributed by atoms with Gasteiger partial charge in [-0.2, -0.15) is 0 Å². The second-order valence-electron chi connectivity index (χ2n) is 11.5. The summed E-state index contributed by atoms with van der Waals surface area (Å²) in [5.41, 5.74) is 7.47. The molecule has 2 aromatic carbocycles. The number of imide groups is 1. The zero-order valence-electron chi connectivity index (χ0n) is 23.8. The van der Waals surface area contributed by atoms with E-state index in [0.29, 0.717) is 17.7 Å². The lowest BCUT2D eigenvalue weighted by molar-refractivity contribution is -0.136. The van der Waals surface area contributed by atoms with Gasteiger partial charge in [-0.1, -0.05) is 34.1 Å². The van der Waals surface area contributed by atoms with E-state index in [4.69, 9.17) is 9.47 Å². The minimum Gasteiger partial charge on any atom is -0.495 e. The second-order valence-corrected chi connectivity index (χ2v) is 11.5. The Bertz CT molecular complexity index is 1350. The number of benzene rings is 2. The second kappa shape index (κ2) is 10.6. The van der Waals surface area contributed by atoms with E-state index in [1.165, 1.54) is 22.0 Å². The fourth-order valence-corrected chi connectivity index (χ4v) is 6.57. The summed E-state index contributed by atoms with van der Waals surface area (Å²) in [5.74, 6) is -0.253. The first kappa shape index (κ1) is 27.7. The lowest BCUT2D eigenvalue weighted by Gasteiger charge is -2.43. The van der Waals surface area contributed by atoms with Crippen molar-refractivity contribution in [1.82, 2.24) is 15.1 Å². The Hall–Kier alpha value is -2.84. The number of piperidine rings is 1. The Balaban J connectivity index is 1.40. The Morgan fingerprint density at radius 1 is 1.08 bits per heavy atom. The van der Waals surface area contributed by atoms with Gasteiger partial charge in [-0.05, 0) is 29.5 Å². The predicted octanol–water partition coefficient (Wildman–Crippen LogP) is -6.36. The lowest BCUT2D eigenvalue weighted by Crippen LogP contribution is -2.56. The summed E-state index contributed by atoms with van der Waals surface area (Å²) in [5, 5.41) is 2.24. The molecule has 3 aliphatic heterocycles. The molecule has 3 amide bonds. The molecule has 14 heteroatoms. The molecule has 8 nitrogen and oxygen atoms in total. The molecular weight excluding hydrogens is 487 g/mol. The normalized spacial score (nSPS) is 21.0. The van der Waals surface area contributed by atoms with E-state index in [1.54, 1.807) is 11.0 Å². The van der Waals surface area contributed by atoms with Crippen molar-refractivity contribution in [2.45, 2.75) is 36.8 Å². The molecule has 2 fully saturated rings. The van der Waals surface area contributed by atoms with Gasteiger partial charge in [0.15, 0.2) is 7.85 Å². The molecule has 2 unspecified atom stereocenters. The van der Waals surface area contributed by atoms with Gasteiger partial charge in [0.2, 0.25) is 11.8 Å². The Morgan fingerprint density at radius 3 is 2.49 bits per heavy atom. The molecule has 2 saturated heterocycles. The molecule has 39 heavy (non-hydrogen) atoms. The molecule has 0 bridgehead atoms. The molecule has 5 rings (SSSR count). The van der Waals surface area contributed by atoms with E-state index in [1.807, 2.05) is 12.1 Å². The largest absolute Gasteiger partial charge is 0.495 e. The van der Waals surface area contributed by atoms with Gasteiger partial charge in [0.25, 0.3) is 5.91 Å². The maximum atomic E-state index is 13.2. The zero-order valence-corrected chi connectivity index (χ0v) is 23.8. The summed E-state index contributed by atoms with van der Waals surface area (Å²) in [7, 11) is 13.1. The maximum Gasteiger partial charge on any atom is 0.255 e. The molecule has 3 heterocycles. The van der Waals surface area contributed by atoms with Gasteiger partial charge in [0, 0.05) is 30.6 Å². The summed E-state index contributed by atoms with van der Waals surface area (Å²) in [6.07, 6.45) is 0.564. The molecule has 2 aromatic rings. The number of carbonyl (C=O) groups is 3. The van der Waals surface area contributed by atoms with Crippen LogP contribution in [0.15, 0.2) is 24.3 Å². The quantitative estimate of drug-likeness (QED) is 0.301. The monoisotopic (exact) mass is 521 g/mol. The number of hydrogen-bond donors (Lipinski definition) is 1. The molecule has 1 N–H and O–H groups in total. The van der Waals surface area contributed by atoms with Gasteiger partial charge in [0.05, 0.1) is 25.8 Å². The van der Waals surface area contributed by atoms with E-state index in [9.17, 15) is 14.4 Å². The molecule has 0 spiro atoms. The van der Waals surface area contributed by atoms with Gasteiger partial charge in [0.1, 0.15) is 51.0 Å². The van der Waals surface area contributed by atoms with Crippen molar-refractivity contribution >= 4 is 81.2 Å². The third kappa shape index (κ3) is 4.97. The van der Waals surface area contributed by atoms with Crippen molar-refractivity contribution in [3.63, 3.8) is 0 Å². The molecule has 196 valence electrons. The van der Waals surface area contributed by atoms with E-state index < -0.39 is 11.9 Å². The number of amides is 3. The van der Waals surface area contributed by atoms with Crippen molar-refractivity contribution in [2.75, 3.05) is 26.3 Å². The van der Waals surface area contributed by atoms with Gasteiger partial charge in [-0.3, -0.25) is 19.7 Å². The SMILES string of the molecule is Bc1cc(C(B)(B)N2CCOCC2)c(B)c(B)c1C(B)Oc1cccc2c1CN(C1CCC(=O)NC1=O)C2=O. The van der Waals surface area contributed by atoms with Crippen LogP contribution in [0, 0.1) is 0 Å². The van der Waals surface area contributed by atoms with Crippen LogP contribution in [0.1, 0.15) is 45.9 Å². The number of carbonyl (C=O) groups excluding carboxylic acids is 3. The van der Waals surface area contributed by atoms with Crippen molar-refractivity contribution in [1.29, 1.82) is 0 Å². The molecule has 3 aliphatic rings. The molecule has 0 radical (unpaired) electrons. The van der Waals surface area contributed by atoms with Gasteiger partial charge in [-0.15, -0.1) is 0 Å². The van der Waals surface area contributed by atoms with Crippen LogP contribution in [-0.4, -0.2) is 107 Å². The third-order valence-electron chi connectivity index (χ3n) is 8.87. The highest BCUT2D eigenvalue weighted by atomic mass is 16.5. The van der Waals surface area contributed by atoms with Gasteiger partial charge >= 0.3 is 0 Å². The Labute approximate surface area is 235 Å². The van der Waals surface area contributed by atoms with E-state index in [-0.39, 0.29) is 36.1 Å².